The zero-order valence-electron chi connectivity index (χ0n) is 11.3. The van der Waals surface area contributed by atoms with E-state index in [9.17, 15) is 4.79 Å². The lowest BCUT2D eigenvalue weighted by molar-refractivity contribution is -0.129. The van der Waals surface area contributed by atoms with Crippen molar-refractivity contribution in [1.29, 1.82) is 0 Å². The molecule has 0 radical (unpaired) electrons. The number of carbonyl (C=O) groups is 1. The van der Waals surface area contributed by atoms with Gasteiger partial charge < -0.3 is 11.1 Å². The summed E-state index contributed by atoms with van der Waals surface area (Å²) < 4.78 is 1.12. The number of nitrogens with one attached hydrogen (secondary N) is 1. The first-order chi connectivity index (χ1) is 9.00. The number of halogens is 1. The van der Waals surface area contributed by atoms with Crippen LogP contribution in [0.4, 0.5) is 0 Å². The summed E-state index contributed by atoms with van der Waals surface area (Å²) in [6.07, 6.45) is 0.885. The van der Waals surface area contributed by atoms with Crippen molar-refractivity contribution < 1.29 is 4.79 Å². The van der Waals surface area contributed by atoms with Crippen molar-refractivity contribution in [3.05, 3.63) is 20.8 Å². The summed E-state index contributed by atoms with van der Waals surface area (Å²) in [6, 6.07) is 4.38. The Morgan fingerprint density at radius 3 is 2.95 bits per heavy atom. The van der Waals surface area contributed by atoms with E-state index in [1.165, 1.54) is 4.88 Å². The number of rotatable bonds is 4. The largest absolute Gasteiger partial charge is 0.359 e. The second-order valence-corrected chi connectivity index (χ2v) is 7.75. The maximum atomic E-state index is 12.0. The summed E-state index contributed by atoms with van der Waals surface area (Å²) in [4.78, 5) is 15.5. The summed E-state index contributed by atoms with van der Waals surface area (Å²) in [5.41, 5.74) is 5.65. The van der Waals surface area contributed by atoms with E-state index in [-0.39, 0.29) is 17.4 Å². The van der Waals surface area contributed by atoms with Crippen LogP contribution in [0.15, 0.2) is 15.9 Å². The van der Waals surface area contributed by atoms with Gasteiger partial charge in [0.1, 0.15) is 0 Å². The Labute approximate surface area is 126 Å². The van der Waals surface area contributed by atoms with E-state index in [2.05, 4.69) is 38.3 Å². The summed E-state index contributed by atoms with van der Waals surface area (Å²) in [5, 5.41) is 2.77. The van der Waals surface area contributed by atoms with Gasteiger partial charge in [0.25, 0.3) is 0 Å². The number of nitrogens with zero attached hydrogens (tertiary/aromatic N) is 1. The molecule has 1 aromatic heterocycles. The summed E-state index contributed by atoms with van der Waals surface area (Å²) in [7, 11) is 1.70. The molecule has 2 rings (SSSR count). The molecule has 1 aromatic rings. The zero-order valence-corrected chi connectivity index (χ0v) is 13.7. The molecule has 1 amide bonds. The van der Waals surface area contributed by atoms with Gasteiger partial charge in [-0.05, 0) is 48.0 Å². The Bertz CT molecular complexity index is 464. The molecule has 0 spiro atoms. The average Bonchev–Trinajstić information content (AvgIpc) is 2.98. The number of hydrogen-bond donors (Lipinski definition) is 2. The Morgan fingerprint density at radius 1 is 1.68 bits per heavy atom. The number of nitrogens with two attached hydrogens (primary N) is 1. The van der Waals surface area contributed by atoms with E-state index < -0.39 is 0 Å². The smallest absolute Gasteiger partial charge is 0.227 e. The molecule has 1 aliphatic heterocycles. The summed E-state index contributed by atoms with van der Waals surface area (Å²) in [5.74, 6) is 0.123. The van der Waals surface area contributed by atoms with Gasteiger partial charge in [0.2, 0.25) is 5.91 Å². The van der Waals surface area contributed by atoms with Gasteiger partial charge in [0, 0.05) is 25.0 Å². The highest BCUT2D eigenvalue weighted by atomic mass is 79.9. The molecule has 0 bridgehead atoms. The Kier molecular flexibility index (Phi) is 4.66. The molecule has 2 unspecified atom stereocenters. The first kappa shape index (κ1) is 15.0. The monoisotopic (exact) mass is 345 g/mol. The second-order valence-electron chi connectivity index (χ2n) is 5.25. The van der Waals surface area contributed by atoms with Gasteiger partial charge in [-0.3, -0.25) is 9.69 Å². The van der Waals surface area contributed by atoms with Crippen LogP contribution in [0.5, 0.6) is 0 Å². The van der Waals surface area contributed by atoms with Crippen LogP contribution in [-0.2, 0) is 4.79 Å². The van der Waals surface area contributed by atoms with Gasteiger partial charge in [-0.15, -0.1) is 11.3 Å². The molecule has 1 aliphatic rings. The number of amides is 1. The van der Waals surface area contributed by atoms with Crippen molar-refractivity contribution in [1.82, 2.24) is 10.2 Å². The number of hydrogen-bond acceptors (Lipinski definition) is 4. The lowest BCUT2D eigenvalue weighted by Crippen LogP contribution is -2.40. The number of carbonyl (C=O) groups excluding carboxylic acids is 1. The SMILES string of the molecule is CNC(=O)C1(C)CCN(C(CN)c2ccc(Br)s2)C1. The first-order valence-electron chi connectivity index (χ1n) is 6.41. The third-order valence-electron chi connectivity index (χ3n) is 3.86. The normalized spacial score (nSPS) is 25.5. The minimum absolute atomic E-state index is 0.123. The standard InChI is InChI=1S/C13H20BrN3OS/c1-13(12(18)16-2)5-6-17(8-13)9(7-15)10-3-4-11(14)19-10/h3-4,9H,5-8,15H2,1-2H3,(H,16,18). The van der Waals surface area contributed by atoms with E-state index in [0.717, 1.165) is 23.3 Å². The van der Waals surface area contributed by atoms with E-state index in [1.54, 1.807) is 18.4 Å². The lowest BCUT2D eigenvalue weighted by atomic mass is 9.89. The highest BCUT2D eigenvalue weighted by molar-refractivity contribution is 9.11. The fourth-order valence-electron chi connectivity index (χ4n) is 2.70. The maximum Gasteiger partial charge on any atom is 0.227 e. The van der Waals surface area contributed by atoms with Gasteiger partial charge in [-0.25, -0.2) is 0 Å². The molecule has 0 aliphatic carbocycles. The number of thiophene rings is 1. The highest BCUT2D eigenvalue weighted by Gasteiger charge is 2.42. The van der Waals surface area contributed by atoms with E-state index in [4.69, 9.17) is 5.73 Å². The van der Waals surface area contributed by atoms with Gasteiger partial charge >= 0.3 is 0 Å². The molecule has 2 heterocycles. The van der Waals surface area contributed by atoms with Gasteiger partial charge in [-0.2, -0.15) is 0 Å². The molecular formula is C13H20BrN3OS. The third kappa shape index (κ3) is 3.02. The molecule has 4 nitrogen and oxygen atoms in total. The van der Waals surface area contributed by atoms with Crippen LogP contribution in [0, 0.1) is 5.41 Å². The van der Waals surface area contributed by atoms with E-state index >= 15 is 0 Å². The Hall–Kier alpha value is -0.430. The summed E-state index contributed by atoms with van der Waals surface area (Å²) >= 11 is 5.21. The second kappa shape index (κ2) is 5.91. The zero-order chi connectivity index (χ0) is 14.0. The fourth-order valence-corrected chi connectivity index (χ4v) is 4.27. The number of likely N-dealkylation sites (tertiary alicyclic amines) is 1. The topological polar surface area (TPSA) is 58.4 Å². The van der Waals surface area contributed by atoms with E-state index in [1.807, 2.05) is 6.92 Å². The van der Waals surface area contributed by atoms with Gasteiger partial charge in [-0.1, -0.05) is 0 Å². The van der Waals surface area contributed by atoms with Crippen molar-refractivity contribution >= 4 is 33.2 Å². The maximum absolute atomic E-state index is 12.0. The Balaban J connectivity index is 2.12. The molecule has 19 heavy (non-hydrogen) atoms. The minimum atomic E-state index is -0.295. The molecule has 0 aromatic carbocycles. The third-order valence-corrected chi connectivity index (χ3v) is 5.59. The van der Waals surface area contributed by atoms with Crippen LogP contribution in [0.2, 0.25) is 0 Å². The van der Waals surface area contributed by atoms with Gasteiger partial charge in [0.05, 0.1) is 15.2 Å². The van der Waals surface area contributed by atoms with Gasteiger partial charge in [0.15, 0.2) is 0 Å². The average molecular weight is 346 g/mol. The van der Waals surface area contributed by atoms with Crippen molar-refractivity contribution in [3.8, 4) is 0 Å². The highest BCUT2D eigenvalue weighted by Crippen LogP contribution is 2.37. The molecular weight excluding hydrogens is 326 g/mol. The molecule has 1 fully saturated rings. The van der Waals surface area contributed by atoms with E-state index in [0.29, 0.717) is 6.54 Å². The van der Waals surface area contributed by atoms with Crippen molar-refractivity contribution in [2.75, 3.05) is 26.7 Å². The van der Waals surface area contributed by atoms with Crippen molar-refractivity contribution in [2.45, 2.75) is 19.4 Å². The molecule has 2 atom stereocenters. The lowest BCUT2D eigenvalue weighted by Gasteiger charge is -2.28. The van der Waals surface area contributed by atoms with Crippen LogP contribution in [0.25, 0.3) is 0 Å². The summed E-state index contributed by atoms with van der Waals surface area (Å²) in [6.45, 7) is 4.30. The van der Waals surface area contributed by atoms with Crippen molar-refractivity contribution in [2.24, 2.45) is 11.1 Å². The van der Waals surface area contributed by atoms with Crippen LogP contribution < -0.4 is 11.1 Å². The molecule has 0 saturated carbocycles. The van der Waals surface area contributed by atoms with Crippen LogP contribution >= 0.6 is 27.3 Å². The van der Waals surface area contributed by atoms with Crippen LogP contribution in [0.1, 0.15) is 24.3 Å². The molecule has 106 valence electrons. The Morgan fingerprint density at radius 2 is 2.42 bits per heavy atom. The first-order valence-corrected chi connectivity index (χ1v) is 8.02. The quantitative estimate of drug-likeness (QED) is 0.876. The van der Waals surface area contributed by atoms with Crippen LogP contribution in [0.3, 0.4) is 0 Å². The van der Waals surface area contributed by atoms with Crippen molar-refractivity contribution in [3.63, 3.8) is 0 Å². The van der Waals surface area contributed by atoms with Crippen LogP contribution in [-0.4, -0.2) is 37.5 Å². The molecule has 1 saturated heterocycles. The fraction of sp³-hybridized carbons (Fsp3) is 0.615. The molecule has 6 heteroatoms. The molecule has 3 N–H and O–H groups in total. The predicted octanol–water partition coefficient (Wildman–Crippen LogP) is 1.97. The minimum Gasteiger partial charge on any atom is -0.359 e. The predicted molar refractivity (Wildman–Crippen MR) is 82.2 cm³/mol.